The van der Waals surface area contributed by atoms with Gasteiger partial charge in [0.25, 0.3) is 0 Å². The van der Waals surface area contributed by atoms with Gasteiger partial charge in [0.2, 0.25) is 0 Å². The maximum atomic E-state index is 5.78. The predicted octanol–water partition coefficient (Wildman–Crippen LogP) is 2.40. The van der Waals surface area contributed by atoms with Crippen molar-refractivity contribution in [3.05, 3.63) is 71.4 Å². The van der Waals surface area contributed by atoms with Gasteiger partial charge >= 0.3 is 0 Å². The second-order valence-electron chi connectivity index (χ2n) is 5.93. The molecule has 0 amide bonds. The molecule has 0 saturated carbocycles. The first-order valence-electron chi connectivity index (χ1n) is 8.17. The van der Waals surface area contributed by atoms with Crippen LogP contribution < -0.4 is 15.6 Å². The number of rotatable bonds is 3. The maximum Gasteiger partial charge on any atom is 0.164 e. The normalized spacial score (nSPS) is 17.3. The monoisotopic (exact) mass is 307 g/mol. The van der Waals surface area contributed by atoms with Crippen LogP contribution in [-0.2, 0) is 6.42 Å². The van der Waals surface area contributed by atoms with Gasteiger partial charge in [-0.05, 0) is 17.7 Å². The van der Waals surface area contributed by atoms with E-state index in [1.165, 1.54) is 16.8 Å². The second kappa shape index (κ2) is 6.34. The van der Waals surface area contributed by atoms with Crippen molar-refractivity contribution in [1.82, 2.24) is 15.7 Å². The standard InChI is InChI=1S/C19H21N3O/c1-2-6-15(7-3-1)14-17-19(22-12-10-20-11-13-22)16-8-4-5-9-18(16)23-21-17/h1-9,20-21H,10-14H2. The van der Waals surface area contributed by atoms with Gasteiger partial charge in [0.1, 0.15) is 0 Å². The fourth-order valence-corrected chi connectivity index (χ4v) is 3.25. The van der Waals surface area contributed by atoms with Crippen LogP contribution in [0.25, 0.3) is 5.70 Å². The van der Waals surface area contributed by atoms with Crippen molar-refractivity contribution < 1.29 is 4.84 Å². The Morgan fingerprint density at radius 1 is 0.913 bits per heavy atom. The lowest BCUT2D eigenvalue weighted by Gasteiger charge is -2.36. The molecule has 0 unspecified atom stereocenters. The van der Waals surface area contributed by atoms with Gasteiger partial charge in [0.05, 0.1) is 11.4 Å². The number of hydrogen-bond acceptors (Lipinski definition) is 4. The van der Waals surface area contributed by atoms with Crippen molar-refractivity contribution in [2.75, 3.05) is 26.2 Å². The quantitative estimate of drug-likeness (QED) is 0.913. The van der Waals surface area contributed by atoms with Gasteiger partial charge in [0, 0.05) is 38.2 Å². The molecule has 4 nitrogen and oxygen atoms in total. The fourth-order valence-electron chi connectivity index (χ4n) is 3.25. The first-order chi connectivity index (χ1) is 11.4. The average Bonchev–Trinajstić information content (AvgIpc) is 2.63. The van der Waals surface area contributed by atoms with Crippen molar-refractivity contribution in [1.29, 1.82) is 0 Å². The molecule has 2 aliphatic rings. The number of nitrogens with zero attached hydrogens (tertiary/aromatic N) is 1. The molecule has 118 valence electrons. The highest BCUT2D eigenvalue weighted by Crippen LogP contribution is 2.34. The zero-order valence-electron chi connectivity index (χ0n) is 13.1. The topological polar surface area (TPSA) is 36.5 Å². The summed E-state index contributed by atoms with van der Waals surface area (Å²) in [6, 6.07) is 18.8. The average molecular weight is 307 g/mol. The lowest BCUT2D eigenvalue weighted by atomic mass is 10.0. The Kier molecular flexibility index (Phi) is 3.90. The Morgan fingerprint density at radius 2 is 1.65 bits per heavy atom. The Morgan fingerprint density at radius 3 is 2.48 bits per heavy atom. The summed E-state index contributed by atoms with van der Waals surface area (Å²) in [6.07, 6.45) is 0.842. The SMILES string of the molecule is c1ccc(CC2=C(N3CCNCC3)c3ccccc3ON2)cc1. The van der Waals surface area contributed by atoms with E-state index in [1.807, 2.05) is 12.1 Å². The van der Waals surface area contributed by atoms with Gasteiger partial charge in [-0.25, -0.2) is 5.48 Å². The number of para-hydroxylation sites is 1. The lowest BCUT2D eigenvalue weighted by molar-refractivity contribution is 0.212. The summed E-state index contributed by atoms with van der Waals surface area (Å²) in [6.45, 7) is 4.07. The van der Waals surface area contributed by atoms with E-state index in [0.29, 0.717) is 0 Å². The van der Waals surface area contributed by atoms with Crippen LogP contribution in [0.5, 0.6) is 5.75 Å². The number of piperazine rings is 1. The van der Waals surface area contributed by atoms with Crippen molar-refractivity contribution in [3.8, 4) is 5.75 Å². The summed E-state index contributed by atoms with van der Waals surface area (Å²) in [5, 5.41) is 3.43. The second-order valence-corrected chi connectivity index (χ2v) is 5.93. The smallest absolute Gasteiger partial charge is 0.164 e. The number of benzene rings is 2. The first-order valence-corrected chi connectivity index (χ1v) is 8.17. The molecule has 1 fully saturated rings. The molecule has 2 heterocycles. The molecule has 0 spiro atoms. The van der Waals surface area contributed by atoms with E-state index < -0.39 is 0 Å². The summed E-state index contributed by atoms with van der Waals surface area (Å²) < 4.78 is 0. The Balaban J connectivity index is 1.75. The van der Waals surface area contributed by atoms with Crippen LogP contribution in [0, 0.1) is 0 Å². The number of hydrogen-bond donors (Lipinski definition) is 2. The number of allylic oxidation sites excluding steroid dienone is 1. The van der Waals surface area contributed by atoms with Crippen LogP contribution in [0.3, 0.4) is 0 Å². The zero-order chi connectivity index (χ0) is 15.5. The van der Waals surface area contributed by atoms with E-state index in [1.54, 1.807) is 0 Å². The van der Waals surface area contributed by atoms with Crippen molar-refractivity contribution in [2.45, 2.75) is 6.42 Å². The zero-order valence-corrected chi connectivity index (χ0v) is 13.1. The molecule has 0 aliphatic carbocycles. The van der Waals surface area contributed by atoms with Gasteiger partial charge < -0.3 is 15.1 Å². The van der Waals surface area contributed by atoms with Gasteiger partial charge in [-0.2, -0.15) is 0 Å². The molecular formula is C19H21N3O. The van der Waals surface area contributed by atoms with E-state index in [9.17, 15) is 0 Å². The molecule has 2 aliphatic heterocycles. The van der Waals surface area contributed by atoms with Crippen LogP contribution in [0.4, 0.5) is 0 Å². The number of nitrogens with one attached hydrogen (secondary N) is 2. The molecule has 2 N–H and O–H groups in total. The van der Waals surface area contributed by atoms with Crippen LogP contribution in [0.2, 0.25) is 0 Å². The van der Waals surface area contributed by atoms with Crippen LogP contribution >= 0.6 is 0 Å². The Hall–Kier alpha value is -2.46. The summed E-state index contributed by atoms with van der Waals surface area (Å²) in [5.41, 5.74) is 8.06. The highest BCUT2D eigenvalue weighted by Gasteiger charge is 2.25. The van der Waals surface area contributed by atoms with Gasteiger partial charge in [-0.3, -0.25) is 0 Å². The minimum atomic E-state index is 0.842. The van der Waals surface area contributed by atoms with Crippen LogP contribution in [-0.4, -0.2) is 31.1 Å². The van der Waals surface area contributed by atoms with E-state index in [2.05, 4.69) is 58.2 Å². The molecule has 23 heavy (non-hydrogen) atoms. The van der Waals surface area contributed by atoms with Crippen molar-refractivity contribution in [3.63, 3.8) is 0 Å². The molecule has 0 bridgehead atoms. The Labute approximate surface area is 136 Å². The largest absolute Gasteiger partial charge is 0.382 e. The minimum Gasteiger partial charge on any atom is -0.382 e. The summed E-state index contributed by atoms with van der Waals surface area (Å²) in [7, 11) is 0. The van der Waals surface area contributed by atoms with E-state index in [-0.39, 0.29) is 0 Å². The Bertz CT molecular complexity index is 706. The third-order valence-electron chi connectivity index (χ3n) is 4.37. The maximum absolute atomic E-state index is 5.78. The summed E-state index contributed by atoms with van der Waals surface area (Å²) in [5.74, 6) is 0.901. The molecule has 0 radical (unpaired) electrons. The molecule has 2 aromatic rings. The molecule has 0 atom stereocenters. The first kappa shape index (κ1) is 14.2. The lowest BCUT2D eigenvalue weighted by Crippen LogP contribution is -2.44. The third kappa shape index (κ3) is 2.90. The molecule has 0 aromatic heterocycles. The minimum absolute atomic E-state index is 0.842. The molecule has 2 aromatic carbocycles. The molecule has 4 rings (SSSR count). The van der Waals surface area contributed by atoms with Gasteiger partial charge in [0.15, 0.2) is 5.75 Å². The summed E-state index contributed by atoms with van der Waals surface area (Å²) in [4.78, 5) is 8.24. The number of fused-ring (bicyclic) bond motifs is 1. The molecule has 1 saturated heterocycles. The van der Waals surface area contributed by atoms with E-state index in [0.717, 1.165) is 44.0 Å². The number of hydroxylamine groups is 1. The van der Waals surface area contributed by atoms with E-state index >= 15 is 0 Å². The molecule has 4 heteroatoms. The van der Waals surface area contributed by atoms with Crippen LogP contribution in [0.15, 0.2) is 60.3 Å². The predicted molar refractivity (Wildman–Crippen MR) is 91.7 cm³/mol. The summed E-state index contributed by atoms with van der Waals surface area (Å²) >= 11 is 0. The molecular weight excluding hydrogens is 286 g/mol. The van der Waals surface area contributed by atoms with Crippen molar-refractivity contribution in [2.24, 2.45) is 0 Å². The van der Waals surface area contributed by atoms with Crippen LogP contribution in [0.1, 0.15) is 11.1 Å². The van der Waals surface area contributed by atoms with Gasteiger partial charge in [-0.1, -0.05) is 42.5 Å². The fraction of sp³-hybridized carbons (Fsp3) is 0.263. The highest BCUT2D eigenvalue weighted by atomic mass is 16.6. The highest BCUT2D eigenvalue weighted by molar-refractivity contribution is 5.73. The van der Waals surface area contributed by atoms with Crippen molar-refractivity contribution >= 4 is 5.70 Å². The third-order valence-corrected chi connectivity index (χ3v) is 4.37. The van der Waals surface area contributed by atoms with E-state index in [4.69, 9.17) is 4.84 Å². The van der Waals surface area contributed by atoms with Gasteiger partial charge in [-0.15, -0.1) is 0 Å².